The van der Waals surface area contributed by atoms with Crippen molar-refractivity contribution in [1.29, 1.82) is 0 Å². The highest BCUT2D eigenvalue weighted by molar-refractivity contribution is 5.85. The number of nitrogens with zero attached hydrogens (tertiary/aromatic N) is 1. The van der Waals surface area contributed by atoms with Gasteiger partial charge in [0.2, 0.25) is 0 Å². The maximum Gasteiger partial charge on any atom is 0.331 e. The fraction of sp³-hybridized carbons (Fsp3) is 0.902. The fourth-order valence-corrected chi connectivity index (χ4v) is 11.7. The number of ether oxygens (including phenoxy) is 3. The van der Waals surface area contributed by atoms with E-state index in [9.17, 15) is 25.2 Å². The minimum Gasteiger partial charge on any atom is -0.458 e. The summed E-state index contributed by atoms with van der Waals surface area (Å²) in [5.74, 6) is -0.0252. The van der Waals surface area contributed by atoms with Crippen LogP contribution in [0.25, 0.3) is 0 Å². The van der Waals surface area contributed by atoms with Gasteiger partial charge in [0.1, 0.15) is 12.7 Å². The van der Waals surface area contributed by atoms with E-state index in [-0.39, 0.29) is 41.7 Å². The standard InChI is InChI=1S/C41H67NO8/c1-4-5-6-7-8-9-10-11-12-13-22-42-27-39-19-14-30(50-36-24-34(43)37(45)28(2)49-36)25-40(39,46)20-16-33-32(39)15-18-38(3)31(17-21-41(33,38)47)29-23-35(44)48-26-29/h23,27-28,30-34,36-37,43,45-47H,4-22,24-26H2,1-3H3/t28-,30-,31-,32-,33+,34-,36+,37+,38-,39-,40+,41-/m0/s1. The van der Waals surface area contributed by atoms with Crippen LogP contribution in [0.15, 0.2) is 16.6 Å². The Bertz CT molecular complexity index is 1210. The van der Waals surface area contributed by atoms with Crippen molar-refractivity contribution < 1.29 is 39.4 Å². The molecule has 0 aromatic carbocycles. The highest BCUT2D eigenvalue weighted by atomic mass is 16.7. The lowest BCUT2D eigenvalue weighted by molar-refractivity contribution is -0.282. The van der Waals surface area contributed by atoms with Gasteiger partial charge >= 0.3 is 5.97 Å². The van der Waals surface area contributed by atoms with Gasteiger partial charge in [-0.2, -0.15) is 0 Å². The molecular formula is C41H67NO8. The minimum absolute atomic E-state index is 0.0329. The minimum atomic E-state index is -1.03. The zero-order chi connectivity index (χ0) is 35.6. The van der Waals surface area contributed by atoms with E-state index < -0.39 is 41.2 Å². The number of esters is 1. The molecule has 0 aromatic heterocycles. The summed E-state index contributed by atoms with van der Waals surface area (Å²) in [6.07, 6.45) is 20.0. The van der Waals surface area contributed by atoms with E-state index in [2.05, 4.69) is 20.1 Å². The van der Waals surface area contributed by atoms with Gasteiger partial charge in [0.15, 0.2) is 6.29 Å². The number of aliphatic hydroxyl groups excluding tert-OH is 2. The number of carbonyl (C=O) groups excluding carboxylic acids is 1. The Balaban J connectivity index is 1.15. The molecule has 12 atom stereocenters. The quantitative estimate of drug-likeness (QED) is 0.0651. The summed E-state index contributed by atoms with van der Waals surface area (Å²) in [6.45, 7) is 7.33. The number of hydrogen-bond acceptors (Lipinski definition) is 9. The molecule has 0 unspecified atom stereocenters. The van der Waals surface area contributed by atoms with Crippen molar-refractivity contribution >= 4 is 12.2 Å². The molecule has 284 valence electrons. The highest BCUT2D eigenvalue weighted by Crippen LogP contribution is 2.70. The van der Waals surface area contributed by atoms with Gasteiger partial charge in [0.25, 0.3) is 0 Å². The predicted molar refractivity (Wildman–Crippen MR) is 193 cm³/mol. The van der Waals surface area contributed by atoms with E-state index in [0.717, 1.165) is 50.6 Å². The molecule has 6 aliphatic rings. The van der Waals surface area contributed by atoms with E-state index in [1.54, 1.807) is 13.0 Å². The van der Waals surface area contributed by atoms with E-state index in [0.29, 0.717) is 32.3 Å². The Hall–Kier alpha value is -1.36. The van der Waals surface area contributed by atoms with Gasteiger partial charge in [-0.3, -0.25) is 4.99 Å². The number of aliphatic imine (C=N–C) groups is 1. The van der Waals surface area contributed by atoms with Crippen LogP contribution in [0.3, 0.4) is 0 Å². The molecule has 6 rings (SSSR count). The number of fused-ring (bicyclic) bond motifs is 5. The van der Waals surface area contributed by atoms with Crippen LogP contribution in [0.4, 0.5) is 0 Å². The van der Waals surface area contributed by atoms with Crippen LogP contribution in [0.5, 0.6) is 0 Å². The van der Waals surface area contributed by atoms with E-state index in [4.69, 9.17) is 19.2 Å². The first-order valence-electron chi connectivity index (χ1n) is 20.5. The number of hydrogen-bond donors (Lipinski definition) is 4. The average Bonchev–Trinajstić information content (AvgIpc) is 3.63. The second kappa shape index (κ2) is 15.9. The Labute approximate surface area is 300 Å². The summed E-state index contributed by atoms with van der Waals surface area (Å²) < 4.78 is 17.7. The van der Waals surface area contributed by atoms with Gasteiger partial charge in [-0.15, -0.1) is 0 Å². The number of cyclic esters (lactones) is 1. The third-order valence-electron chi connectivity index (χ3n) is 14.6. The summed E-state index contributed by atoms with van der Waals surface area (Å²) in [5.41, 5.74) is -1.80. The van der Waals surface area contributed by atoms with Crippen LogP contribution in [0, 0.1) is 28.6 Å². The Morgan fingerprint density at radius 1 is 0.920 bits per heavy atom. The predicted octanol–water partition coefficient (Wildman–Crippen LogP) is 6.57. The maximum absolute atomic E-state index is 12.8. The molecule has 4 aliphatic carbocycles. The molecule has 0 aromatic rings. The molecule has 9 nitrogen and oxygen atoms in total. The van der Waals surface area contributed by atoms with Gasteiger partial charge in [-0.05, 0) is 88.0 Å². The first-order valence-corrected chi connectivity index (χ1v) is 20.5. The molecule has 2 heterocycles. The molecule has 0 radical (unpaired) electrons. The fourth-order valence-electron chi connectivity index (χ4n) is 11.7. The summed E-state index contributed by atoms with van der Waals surface area (Å²) in [7, 11) is 0. The van der Waals surface area contributed by atoms with Crippen LogP contribution in [-0.2, 0) is 19.0 Å². The topological polar surface area (TPSA) is 138 Å². The second-order valence-corrected chi connectivity index (χ2v) is 17.4. The van der Waals surface area contributed by atoms with Gasteiger partial charge < -0.3 is 34.6 Å². The van der Waals surface area contributed by atoms with Crippen molar-refractivity contribution in [2.24, 2.45) is 33.6 Å². The van der Waals surface area contributed by atoms with Crippen molar-refractivity contribution in [3.63, 3.8) is 0 Å². The number of rotatable bonds is 15. The molecule has 5 fully saturated rings. The molecule has 1 saturated heterocycles. The van der Waals surface area contributed by atoms with Crippen molar-refractivity contribution in [2.75, 3.05) is 13.2 Å². The number of unbranched alkanes of at least 4 members (excludes halogenated alkanes) is 9. The van der Waals surface area contributed by atoms with E-state index in [1.165, 1.54) is 57.8 Å². The SMILES string of the molecule is CCCCCCCCCCCCN=C[C@]12CC[C@H](O[C@@H]3C[C@H](O)[C@H](O)[C@H](C)O3)C[C@]1(O)CC[C@@H]1[C@@H]2CC[C@@]2(C)[C@H](C3=CC(=O)OC3)CC[C@]12O. The largest absolute Gasteiger partial charge is 0.458 e. The molecule has 0 bridgehead atoms. The summed E-state index contributed by atoms with van der Waals surface area (Å²) >= 11 is 0. The van der Waals surface area contributed by atoms with Crippen LogP contribution < -0.4 is 0 Å². The van der Waals surface area contributed by atoms with Crippen LogP contribution in [-0.4, -0.2) is 87.7 Å². The second-order valence-electron chi connectivity index (χ2n) is 17.4. The molecule has 9 heteroatoms. The monoisotopic (exact) mass is 701 g/mol. The maximum atomic E-state index is 12.8. The lowest BCUT2D eigenvalue weighted by Gasteiger charge is -2.66. The van der Waals surface area contributed by atoms with Crippen LogP contribution >= 0.6 is 0 Å². The molecule has 0 amide bonds. The molecule has 4 N–H and O–H groups in total. The third kappa shape index (κ3) is 7.26. The Kier molecular flexibility index (Phi) is 12.2. The van der Waals surface area contributed by atoms with E-state index >= 15 is 0 Å². The van der Waals surface area contributed by atoms with Crippen molar-refractivity contribution in [1.82, 2.24) is 0 Å². The van der Waals surface area contributed by atoms with Gasteiger partial charge in [-0.1, -0.05) is 71.6 Å². The zero-order valence-corrected chi connectivity index (χ0v) is 31.2. The Morgan fingerprint density at radius 2 is 1.62 bits per heavy atom. The first-order chi connectivity index (χ1) is 24.0. The lowest BCUT2D eigenvalue weighted by atomic mass is 9.41. The van der Waals surface area contributed by atoms with Gasteiger partial charge in [0.05, 0.1) is 29.5 Å². The van der Waals surface area contributed by atoms with Gasteiger partial charge in [-0.25, -0.2) is 4.79 Å². The average molecular weight is 702 g/mol. The van der Waals surface area contributed by atoms with Gasteiger partial charge in [0, 0.05) is 42.5 Å². The van der Waals surface area contributed by atoms with Crippen molar-refractivity contribution in [2.45, 2.75) is 191 Å². The molecule has 4 saturated carbocycles. The third-order valence-corrected chi connectivity index (χ3v) is 14.6. The number of carbonyl (C=O) groups is 1. The molecule has 50 heavy (non-hydrogen) atoms. The highest BCUT2D eigenvalue weighted by Gasteiger charge is 2.71. The molecular weight excluding hydrogens is 634 g/mol. The van der Waals surface area contributed by atoms with E-state index in [1.807, 2.05) is 0 Å². The van der Waals surface area contributed by atoms with Crippen molar-refractivity contribution in [3.05, 3.63) is 11.6 Å². The van der Waals surface area contributed by atoms with Crippen molar-refractivity contribution in [3.8, 4) is 0 Å². The molecule has 2 aliphatic heterocycles. The first kappa shape index (κ1) is 38.4. The molecule has 0 spiro atoms. The summed E-state index contributed by atoms with van der Waals surface area (Å²) in [4.78, 5) is 17.1. The van der Waals surface area contributed by atoms with Crippen LogP contribution in [0.2, 0.25) is 0 Å². The summed E-state index contributed by atoms with van der Waals surface area (Å²) in [5, 5.41) is 46.2. The number of aliphatic hydroxyl groups is 4. The zero-order valence-electron chi connectivity index (χ0n) is 31.2. The lowest BCUT2D eigenvalue weighted by Crippen LogP contribution is -2.69. The smallest absolute Gasteiger partial charge is 0.331 e. The summed E-state index contributed by atoms with van der Waals surface area (Å²) in [6, 6.07) is 0. The normalized spacial score (nSPS) is 44.5. The Morgan fingerprint density at radius 3 is 2.30 bits per heavy atom. The van der Waals surface area contributed by atoms with Crippen LogP contribution in [0.1, 0.15) is 149 Å².